The Hall–Kier alpha value is -1.98. The Morgan fingerprint density at radius 3 is 2.76 bits per heavy atom. The minimum absolute atomic E-state index is 0.856. The van der Waals surface area contributed by atoms with E-state index in [1.807, 2.05) is 6.92 Å². The van der Waals surface area contributed by atoms with E-state index in [2.05, 4.69) is 46.8 Å². The van der Waals surface area contributed by atoms with Crippen LogP contribution in [0.4, 0.5) is 5.82 Å². The van der Waals surface area contributed by atoms with Gasteiger partial charge in [-0.1, -0.05) is 31.2 Å². The van der Waals surface area contributed by atoms with Crippen LogP contribution in [0.3, 0.4) is 0 Å². The highest BCUT2D eigenvalue weighted by atomic mass is 32.1. The number of benzene rings is 1. The molecule has 4 rings (SSSR count). The molecular formula is C20H24N4S. The summed E-state index contributed by atoms with van der Waals surface area (Å²) in [5.41, 5.74) is 3.88. The average molecular weight is 353 g/mol. The van der Waals surface area contributed by atoms with E-state index in [4.69, 9.17) is 9.97 Å². The number of aryl methyl sites for hydroxylation is 2. The average Bonchev–Trinajstić information content (AvgIpc) is 2.87. The highest BCUT2D eigenvalue weighted by Crippen LogP contribution is 2.38. The lowest BCUT2D eigenvalue weighted by atomic mass is 10.0. The van der Waals surface area contributed by atoms with E-state index in [0.29, 0.717) is 0 Å². The number of aromatic nitrogens is 2. The Balaban J connectivity index is 1.85. The predicted molar refractivity (Wildman–Crippen MR) is 107 cm³/mol. The number of anilines is 1. The molecule has 1 aliphatic rings. The zero-order valence-corrected chi connectivity index (χ0v) is 15.7. The highest BCUT2D eigenvalue weighted by Gasteiger charge is 2.19. The van der Waals surface area contributed by atoms with Gasteiger partial charge in [-0.15, -0.1) is 11.3 Å². The summed E-state index contributed by atoms with van der Waals surface area (Å²) in [6.45, 7) is 8.32. The maximum atomic E-state index is 4.85. The van der Waals surface area contributed by atoms with Crippen LogP contribution in [0, 0.1) is 6.92 Å². The summed E-state index contributed by atoms with van der Waals surface area (Å²) >= 11 is 1.72. The van der Waals surface area contributed by atoms with Crippen molar-refractivity contribution in [1.29, 1.82) is 0 Å². The van der Waals surface area contributed by atoms with Crippen molar-refractivity contribution in [3.8, 4) is 11.1 Å². The fourth-order valence-corrected chi connectivity index (χ4v) is 4.43. The van der Waals surface area contributed by atoms with Crippen molar-refractivity contribution < 1.29 is 0 Å². The van der Waals surface area contributed by atoms with E-state index in [0.717, 1.165) is 55.5 Å². The first-order valence-electron chi connectivity index (χ1n) is 9.07. The summed E-state index contributed by atoms with van der Waals surface area (Å²) in [6, 6.07) is 8.91. The van der Waals surface area contributed by atoms with Crippen molar-refractivity contribution >= 4 is 27.4 Å². The number of nitrogens with zero attached hydrogens (tertiary/aromatic N) is 3. The number of hydrogen-bond acceptors (Lipinski definition) is 5. The maximum Gasteiger partial charge on any atom is 0.141 e. The second-order valence-electron chi connectivity index (χ2n) is 6.57. The van der Waals surface area contributed by atoms with Gasteiger partial charge in [-0.3, -0.25) is 0 Å². The second-order valence-corrected chi connectivity index (χ2v) is 7.42. The van der Waals surface area contributed by atoms with Crippen molar-refractivity contribution in [2.24, 2.45) is 0 Å². The molecule has 0 saturated carbocycles. The van der Waals surface area contributed by atoms with Crippen molar-refractivity contribution in [3.63, 3.8) is 0 Å². The van der Waals surface area contributed by atoms with E-state index >= 15 is 0 Å². The van der Waals surface area contributed by atoms with Gasteiger partial charge in [-0.2, -0.15) is 0 Å². The van der Waals surface area contributed by atoms with Gasteiger partial charge in [0.25, 0.3) is 0 Å². The number of hydrogen-bond donors (Lipinski definition) is 1. The normalized spacial score (nSPS) is 15.5. The first kappa shape index (κ1) is 16.5. The molecule has 0 radical (unpaired) electrons. The molecule has 4 nitrogen and oxygen atoms in total. The van der Waals surface area contributed by atoms with Crippen LogP contribution in [0.15, 0.2) is 29.6 Å². The van der Waals surface area contributed by atoms with Gasteiger partial charge in [0.1, 0.15) is 16.5 Å². The lowest BCUT2D eigenvalue weighted by Crippen LogP contribution is -2.29. The SMILES string of the molecule is CCc1ccc(-c2csc3nc(C)nc(N4CCCNCC4)c23)cc1. The van der Waals surface area contributed by atoms with Crippen LogP contribution in [0.5, 0.6) is 0 Å². The third kappa shape index (κ3) is 3.26. The molecule has 0 bridgehead atoms. The van der Waals surface area contributed by atoms with Crippen LogP contribution in [0.1, 0.15) is 24.7 Å². The maximum absolute atomic E-state index is 4.85. The summed E-state index contributed by atoms with van der Waals surface area (Å²) in [5, 5.41) is 6.93. The van der Waals surface area contributed by atoms with Crippen molar-refractivity contribution in [1.82, 2.24) is 15.3 Å². The minimum Gasteiger partial charge on any atom is -0.355 e. The number of thiophene rings is 1. The Morgan fingerprint density at radius 1 is 1.12 bits per heavy atom. The summed E-state index contributed by atoms with van der Waals surface area (Å²) in [4.78, 5) is 13.1. The van der Waals surface area contributed by atoms with Gasteiger partial charge in [0, 0.05) is 30.6 Å². The molecule has 0 spiro atoms. The predicted octanol–water partition coefficient (Wildman–Crippen LogP) is 4.03. The Bertz CT molecular complexity index is 861. The monoisotopic (exact) mass is 352 g/mol. The van der Waals surface area contributed by atoms with Gasteiger partial charge in [0.05, 0.1) is 5.39 Å². The zero-order chi connectivity index (χ0) is 17.2. The van der Waals surface area contributed by atoms with Crippen molar-refractivity contribution in [2.75, 3.05) is 31.1 Å². The molecule has 0 unspecified atom stereocenters. The lowest BCUT2D eigenvalue weighted by molar-refractivity contribution is 0.724. The largest absolute Gasteiger partial charge is 0.355 e. The van der Waals surface area contributed by atoms with Gasteiger partial charge >= 0.3 is 0 Å². The molecule has 0 aliphatic carbocycles. The molecule has 0 atom stereocenters. The van der Waals surface area contributed by atoms with Gasteiger partial charge in [0.2, 0.25) is 0 Å². The summed E-state index contributed by atoms with van der Waals surface area (Å²) in [6.07, 6.45) is 2.22. The summed E-state index contributed by atoms with van der Waals surface area (Å²) in [7, 11) is 0. The fraction of sp³-hybridized carbons (Fsp3) is 0.400. The topological polar surface area (TPSA) is 41.1 Å². The van der Waals surface area contributed by atoms with Gasteiger partial charge in [-0.25, -0.2) is 9.97 Å². The smallest absolute Gasteiger partial charge is 0.141 e. The Labute approximate surface area is 152 Å². The van der Waals surface area contributed by atoms with Crippen molar-refractivity contribution in [3.05, 3.63) is 41.0 Å². The van der Waals surface area contributed by atoms with Crippen LogP contribution in [0.25, 0.3) is 21.3 Å². The molecule has 130 valence electrons. The number of nitrogens with one attached hydrogen (secondary N) is 1. The number of fused-ring (bicyclic) bond motifs is 1. The first-order valence-corrected chi connectivity index (χ1v) is 9.95. The van der Waals surface area contributed by atoms with E-state index in [-0.39, 0.29) is 0 Å². The molecule has 1 aromatic carbocycles. The molecule has 1 fully saturated rings. The molecule has 1 N–H and O–H groups in total. The molecular weight excluding hydrogens is 328 g/mol. The van der Waals surface area contributed by atoms with Gasteiger partial charge in [-0.05, 0) is 37.4 Å². The minimum atomic E-state index is 0.856. The van der Waals surface area contributed by atoms with Crippen molar-refractivity contribution in [2.45, 2.75) is 26.7 Å². The van der Waals surface area contributed by atoms with Crippen LogP contribution in [0.2, 0.25) is 0 Å². The third-order valence-corrected chi connectivity index (χ3v) is 5.71. The summed E-state index contributed by atoms with van der Waals surface area (Å²) in [5.74, 6) is 1.96. The molecule has 1 aliphatic heterocycles. The van der Waals surface area contributed by atoms with Crippen LogP contribution >= 0.6 is 11.3 Å². The quantitative estimate of drug-likeness (QED) is 0.773. The molecule has 3 heterocycles. The Morgan fingerprint density at radius 2 is 1.96 bits per heavy atom. The van der Waals surface area contributed by atoms with E-state index < -0.39 is 0 Å². The van der Waals surface area contributed by atoms with E-state index in [1.165, 1.54) is 22.1 Å². The fourth-order valence-electron chi connectivity index (χ4n) is 3.45. The third-order valence-electron chi connectivity index (χ3n) is 4.84. The highest BCUT2D eigenvalue weighted by molar-refractivity contribution is 7.17. The van der Waals surface area contributed by atoms with Crippen LogP contribution in [-0.4, -0.2) is 36.1 Å². The molecule has 0 amide bonds. The molecule has 1 saturated heterocycles. The van der Waals surface area contributed by atoms with Gasteiger partial charge in [0.15, 0.2) is 0 Å². The zero-order valence-electron chi connectivity index (χ0n) is 14.9. The van der Waals surface area contributed by atoms with E-state index in [1.54, 1.807) is 11.3 Å². The summed E-state index contributed by atoms with van der Waals surface area (Å²) < 4.78 is 0. The number of rotatable bonds is 3. The molecule has 3 aromatic rings. The van der Waals surface area contributed by atoms with E-state index in [9.17, 15) is 0 Å². The Kier molecular flexibility index (Phi) is 4.68. The van der Waals surface area contributed by atoms with Crippen LogP contribution < -0.4 is 10.2 Å². The molecule has 5 heteroatoms. The van der Waals surface area contributed by atoms with Gasteiger partial charge < -0.3 is 10.2 Å². The first-order chi connectivity index (χ1) is 12.3. The molecule has 25 heavy (non-hydrogen) atoms. The van der Waals surface area contributed by atoms with Crippen LogP contribution in [-0.2, 0) is 6.42 Å². The molecule has 2 aromatic heterocycles. The lowest BCUT2D eigenvalue weighted by Gasteiger charge is -2.22. The standard InChI is InChI=1S/C20H24N4S/c1-3-15-5-7-16(8-6-15)17-13-25-20-18(17)19(22-14(2)23-20)24-11-4-9-21-10-12-24/h5-8,13,21H,3-4,9-12H2,1-2H3. The second kappa shape index (κ2) is 7.10.